The zero-order chi connectivity index (χ0) is 14.0. The molecular formula is C14H22N2O2S. The van der Waals surface area contributed by atoms with E-state index in [0.29, 0.717) is 28.6 Å². The fourth-order valence-corrected chi connectivity index (χ4v) is 3.84. The van der Waals surface area contributed by atoms with Crippen molar-refractivity contribution in [2.75, 3.05) is 11.6 Å². The molecule has 1 N–H and O–H groups in total. The molecule has 0 saturated heterocycles. The molecule has 0 aliphatic heterocycles. The molecule has 0 bridgehead atoms. The third-order valence-electron chi connectivity index (χ3n) is 3.69. The largest absolute Gasteiger partial charge is 0.366 e. The lowest BCUT2D eigenvalue weighted by atomic mass is 9.80. The first-order valence-corrected chi connectivity index (χ1v) is 8.67. The second-order valence-corrected chi connectivity index (χ2v) is 7.87. The number of hydrogen-bond donors (Lipinski definition) is 1. The monoisotopic (exact) mass is 282 g/mol. The molecule has 2 unspecified atom stereocenters. The third kappa shape index (κ3) is 3.69. The Labute approximate surface area is 115 Å². The number of sulfone groups is 1. The molecule has 2 atom stereocenters. The normalized spacial score (nSPS) is 28.1. The average Bonchev–Trinajstić information content (AvgIpc) is 2.26. The molecular weight excluding hydrogens is 260 g/mol. The van der Waals surface area contributed by atoms with E-state index in [1.165, 1.54) is 12.7 Å². The zero-order valence-corrected chi connectivity index (χ0v) is 12.6. The van der Waals surface area contributed by atoms with Crippen LogP contribution in [-0.2, 0) is 9.84 Å². The number of pyridine rings is 1. The Morgan fingerprint density at radius 1 is 1.21 bits per heavy atom. The molecule has 0 radical (unpaired) electrons. The number of rotatable bonds is 3. The van der Waals surface area contributed by atoms with E-state index in [2.05, 4.69) is 24.1 Å². The van der Waals surface area contributed by atoms with Gasteiger partial charge in [-0.15, -0.1) is 0 Å². The minimum atomic E-state index is -3.24. The van der Waals surface area contributed by atoms with Gasteiger partial charge in [0, 0.05) is 18.5 Å². The molecule has 0 amide bonds. The summed E-state index contributed by atoms with van der Waals surface area (Å²) in [5.41, 5.74) is 0. The summed E-state index contributed by atoms with van der Waals surface area (Å²) in [6, 6.07) is 3.59. The summed E-state index contributed by atoms with van der Waals surface area (Å²) in [5, 5.41) is 3.33. The molecule has 1 aromatic rings. The number of anilines is 1. The van der Waals surface area contributed by atoms with Crippen molar-refractivity contribution in [2.24, 2.45) is 11.8 Å². The van der Waals surface area contributed by atoms with Gasteiger partial charge in [-0.05, 0) is 43.2 Å². The van der Waals surface area contributed by atoms with Crippen molar-refractivity contribution >= 4 is 15.7 Å². The van der Waals surface area contributed by atoms with Gasteiger partial charge >= 0.3 is 0 Å². The standard InChI is InChI=1S/C14H22N2O2S/c1-10-7-11(2)9-12(8-10)16-14-13(19(3,17)18)5-4-6-15-14/h4-6,10-12H,7-9H2,1-3H3,(H,15,16). The van der Waals surface area contributed by atoms with Crippen molar-refractivity contribution in [3.05, 3.63) is 18.3 Å². The fourth-order valence-electron chi connectivity index (χ4n) is 3.06. The van der Waals surface area contributed by atoms with Crippen LogP contribution in [0, 0.1) is 11.8 Å². The molecule has 106 valence electrons. The van der Waals surface area contributed by atoms with Gasteiger partial charge in [0.2, 0.25) is 0 Å². The highest BCUT2D eigenvalue weighted by atomic mass is 32.2. The van der Waals surface area contributed by atoms with Gasteiger partial charge in [-0.25, -0.2) is 13.4 Å². The second-order valence-electron chi connectivity index (χ2n) is 5.88. The maximum Gasteiger partial charge on any atom is 0.179 e. The van der Waals surface area contributed by atoms with Crippen LogP contribution in [0.3, 0.4) is 0 Å². The first-order chi connectivity index (χ1) is 8.86. The molecule has 5 heteroatoms. The van der Waals surface area contributed by atoms with Crippen LogP contribution in [0.15, 0.2) is 23.2 Å². The topological polar surface area (TPSA) is 59.1 Å². The summed E-state index contributed by atoms with van der Waals surface area (Å²) in [6.07, 6.45) is 6.25. The first-order valence-electron chi connectivity index (χ1n) is 6.78. The maximum atomic E-state index is 11.7. The van der Waals surface area contributed by atoms with E-state index in [-0.39, 0.29) is 0 Å². The van der Waals surface area contributed by atoms with E-state index in [0.717, 1.165) is 12.8 Å². The van der Waals surface area contributed by atoms with Crippen molar-refractivity contribution in [2.45, 2.75) is 44.0 Å². The van der Waals surface area contributed by atoms with Crippen LogP contribution in [0.1, 0.15) is 33.1 Å². The Kier molecular flexibility index (Phi) is 4.13. The number of hydrogen-bond acceptors (Lipinski definition) is 4. The SMILES string of the molecule is CC1CC(C)CC(Nc2ncccc2S(C)(=O)=O)C1. The van der Waals surface area contributed by atoms with Gasteiger partial charge in [-0.1, -0.05) is 13.8 Å². The summed E-state index contributed by atoms with van der Waals surface area (Å²) in [5.74, 6) is 1.84. The van der Waals surface area contributed by atoms with Crippen molar-refractivity contribution in [3.63, 3.8) is 0 Å². The van der Waals surface area contributed by atoms with E-state index in [4.69, 9.17) is 0 Å². The molecule has 1 aliphatic rings. The van der Waals surface area contributed by atoms with Crippen LogP contribution < -0.4 is 5.32 Å². The van der Waals surface area contributed by atoms with Crippen LogP contribution in [0.2, 0.25) is 0 Å². The molecule has 0 aromatic carbocycles. The fraction of sp³-hybridized carbons (Fsp3) is 0.643. The first kappa shape index (κ1) is 14.3. The van der Waals surface area contributed by atoms with E-state index in [1.807, 2.05) is 0 Å². The van der Waals surface area contributed by atoms with Crippen LogP contribution >= 0.6 is 0 Å². The van der Waals surface area contributed by atoms with Crippen molar-refractivity contribution in [1.82, 2.24) is 4.98 Å². The maximum absolute atomic E-state index is 11.7. The highest BCUT2D eigenvalue weighted by molar-refractivity contribution is 7.90. The lowest BCUT2D eigenvalue weighted by Crippen LogP contribution is -2.31. The van der Waals surface area contributed by atoms with Crippen molar-refractivity contribution < 1.29 is 8.42 Å². The van der Waals surface area contributed by atoms with Crippen LogP contribution in [-0.4, -0.2) is 25.7 Å². The summed E-state index contributed by atoms with van der Waals surface area (Å²) in [6.45, 7) is 4.50. The van der Waals surface area contributed by atoms with Gasteiger partial charge in [-0.3, -0.25) is 0 Å². The highest BCUT2D eigenvalue weighted by Gasteiger charge is 2.25. The Hall–Kier alpha value is -1.10. The number of nitrogens with zero attached hydrogens (tertiary/aromatic N) is 1. The number of aromatic nitrogens is 1. The average molecular weight is 282 g/mol. The molecule has 2 rings (SSSR count). The summed E-state index contributed by atoms with van der Waals surface area (Å²) in [7, 11) is -3.24. The minimum absolute atomic E-state index is 0.292. The molecule has 4 nitrogen and oxygen atoms in total. The van der Waals surface area contributed by atoms with Crippen LogP contribution in [0.4, 0.5) is 5.82 Å². The minimum Gasteiger partial charge on any atom is -0.366 e. The third-order valence-corrected chi connectivity index (χ3v) is 4.82. The van der Waals surface area contributed by atoms with Gasteiger partial charge < -0.3 is 5.32 Å². The lowest BCUT2D eigenvalue weighted by Gasteiger charge is -2.32. The van der Waals surface area contributed by atoms with E-state index < -0.39 is 9.84 Å². The molecule has 1 aromatic heterocycles. The Bertz CT molecular complexity index is 532. The Morgan fingerprint density at radius 3 is 2.42 bits per heavy atom. The van der Waals surface area contributed by atoms with Crippen LogP contribution in [0.25, 0.3) is 0 Å². The molecule has 1 fully saturated rings. The Balaban J connectivity index is 2.20. The smallest absolute Gasteiger partial charge is 0.179 e. The van der Waals surface area contributed by atoms with Gasteiger partial charge in [0.05, 0.1) is 0 Å². The quantitative estimate of drug-likeness (QED) is 0.926. The molecule has 0 spiro atoms. The molecule has 1 aliphatic carbocycles. The van der Waals surface area contributed by atoms with Crippen molar-refractivity contribution in [3.8, 4) is 0 Å². The van der Waals surface area contributed by atoms with Crippen LogP contribution in [0.5, 0.6) is 0 Å². The summed E-state index contributed by atoms with van der Waals surface area (Å²) in [4.78, 5) is 4.49. The molecule has 1 saturated carbocycles. The van der Waals surface area contributed by atoms with E-state index >= 15 is 0 Å². The second kappa shape index (κ2) is 5.49. The lowest BCUT2D eigenvalue weighted by molar-refractivity contribution is 0.280. The zero-order valence-electron chi connectivity index (χ0n) is 11.8. The summed E-state index contributed by atoms with van der Waals surface area (Å²) >= 11 is 0. The summed E-state index contributed by atoms with van der Waals surface area (Å²) < 4.78 is 23.5. The van der Waals surface area contributed by atoms with Crippen molar-refractivity contribution in [1.29, 1.82) is 0 Å². The highest BCUT2D eigenvalue weighted by Crippen LogP contribution is 2.31. The predicted molar refractivity (Wildman–Crippen MR) is 76.9 cm³/mol. The van der Waals surface area contributed by atoms with Gasteiger partial charge in [0.1, 0.15) is 10.7 Å². The Morgan fingerprint density at radius 2 is 1.84 bits per heavy atom. The van der Waals surface area contributed by atoms with Gasteiger partial charge in [-0.2, -0.15) is 0 Å². The van der Waals surface area contributed by atoms with E-state index in [1.54, 1.807) is 18.3 Å². The predicted octanol–water partition coefficient (Wildman–Crippen LogP) is 2.72. The molecule has 1 heterocycles. The van der Waals surface area contributed by atoms with E-state index in [9.17, 15) is 8.42 Å². The van der Waals surface area contributed by atoms with Gasteiger partial charge in [0.25, 0.3) is 0 Å². The molecule has 19 heavy (non-hydrogen) atoms. The van der Waals surface area contributed by atoms with Gasteiger partial charge in [0.15, 0.2) is 9.84 Å². The number of nitrogens with one attached hydrogen (secondary N) is 1.